The molecule has 62 valence electrons. The van der Waals surface area contributed by atoms with Crippen LogP contribution >= 0.6 is 12.6 Å². The predicted molar refractivity (Wildman–Crippen MR) is 53.9 cm³/mol. The molecule has 2 N–H and O–H groups in total. The Labute approximate surface area is 74.0 Å². The van der Waals surface area contributed by atoms with E-state index in [1.165, 1.54) is 5.56 Å². The van der Waals surface area contributed by atoms with Crippen molar-refractivity contribution in [2.45, 2.75) is 13.5 Å². The second-order valence-electron chi connectivity index (χ2n) is 2.01. The number of benzene rings is 1. The summed E-state index contributed by atoms with van der Waals surface area (Å²) in [5.74, 6) is 0.944. The van der Waals surface area contributed by atoms with Crippen molar-refractivity contribution in [2.75, 3.05) is 5.75 Å². The molecule has 0 atom stereocenters. The molecule has 2 heteroatoms. The zero-order chi connectivity index (χ0) is 8.53. The molecule has 0 aromatic heterocycles. The van der Waals surface area contributed by atoms with Crippen LogP contribution in [0.25, 0.3) is 0 Å². The highest BCUT2D eigenvalue weighted by Gasteiger charge is 1.80. The third kappa shape index (κ3) is 5.95. The minimum Gasteiger partial charge on any atom is -0.326 e. The van der Waals surface area contributed by atoms with Crippen LogP contribution in [-0.2, 0) is 6.54 Å². The first-order valence-corrected chi connectivity index (χ1v) is 4.33. The zero-order valence-electron chi connectivity index (χ0n) is 6.83. The molecule has 1 nitrogen and oxygen atoms in total. The number of hydrogen-bond donors (Lipinski definition) is 2. The minimum absolute atomic E-state index is 0.640. The maximum atomic E-state index is 5.35. The first kappa shape index (κ1) is 10.5. The van der Waals surface area contributed by atoms with Crippen LogP contribution in [-0.4, -0.2) is 5.75 Å². The third-order valence-corrected chi connectivity index (χ3v) is 1.08. The first-order valence-electron chi connectivity index (χ1n) is 3.70. The van der Waals surface area contributed by atoms with E-state index in [0.29, 0.717) is 6.54 Å². The van der Waals surface area contributed by atoms with Gasteiger partial charge in [-0.15, -0.1) is 0 Å². The van der Waals surface area contributed by atoms with E-state index in [1.807, 2.05) is 37.3 Å². The molecule has 0 unspecified atom stereocenters. The van der Waals surface area contributed by atoms with Gasteiger partial charge in [-0.3, -0.25) is 0 Å². The normalized spacial score (nSPS) is 8.27. The molecule has 0 aliphatic heterocycles. The quantitative estimate of drug-likeness (QED) is 0.618. The highest BCUT2D eigenvalue weighted by Crippen LogP contribution is 1.94. The molecule has 11 heavy (non-hydrogen) atoms. The van der Waals surface area contributed by atoms with E-state index in [2.05, 4.69) is 12.6 Å². The van der Waals surface area contributed by atoms with Crippen LogP contribution in [0.1, 0.15) is 12.5 Å². The molecule has 1 aromatic carbocycles. The van der Waals surface area contributed by atoms with Crippen molar-refractivity contribution in [1.29, 1.82) is 0 Å². The second-order valence-corrected chi connectivity index (χ2v) is 2.64. The van der Waals surface area contributed by atoms with Crippen LogP contribution in [0.2, 0.25) is 0 Å². The van der Waals surface area contributed by atoms with Gasteiger partial charge in [0.2, 0.25) is 0 Å². The van der Waals surface area contributed by atoms with Crippen molar-refractivity contribution in [2.24, 2.45) is 5.73 Å². The molecule has 0 saturated carbocycles. The van der Waals surface area contributed by atoms with Gasteiger partial charge in [0.1, 0.15) is 0 Å². The third-order valence-electron chi connectivity index (χ3n) is 1.08. The molecule has 0 bridgehead atoms. The lowest BCUT2D eigenvalue weighted by Gasteiger charge is -1.90. The standard InChI is InChI=1S/C7H9N.C2H6S/c8-6-7-4-2-1-3-5-7;1-2-3/h1-5H,6,8H2;3H,2H2,1H3. The first-order chi connectivity index (χ1) is 5.35. The van der Waals surface area contributed by atoms with E-state index in [1.54, 1.807) is 0 Å². The Morgan fingerprint density at radius 2 is 1.73 bits per heavy atom. The fourth-order valence-corrected chi connectivity index (χ4v) is 0.614. The van der Waals surface area contributed by atoms with Crippen LogP contribution in [0.15, 0.2) is 30.3 Å². The molecule has 0 spiro atoms. The van der Waals surface area contributed by atoms with E-state index < -0.39 is 0 Å². The summed E-state index contributed by atoms with van der Waals surface area (Å²) in [5.41, 5.74) is 6.54. The molecule has 0 amide bonds. The molecule has 1 rings (SSSR count). The van der Waals surface area contributed by atoms with Gasteiger partial charge in [-0.05, 0) is 11.3 Å². The topological polar surface area (TPSA) is 26.0 Å². The summed E-state index contributed by atoms with van der Waals surface area (Å²) >= 11 is 3.79. The monoisotopic (exact) mass is 169 g/mol. The number of rotatable bonds is 1. The molecule has 1 aromatic rings. The fraction of sp³-hybridized carbons (Fsp3) is 0.333. The molecular weight excluding hydrogens is 154 g/mol. The average Bonchev–Trinajstić information content (AvgIpc) is 2.08. The minimum atomic E-state index is 0.640. The van der Waals surface area contributed by atoms with Gasteiger partial charge in [-0.1, -0.05) is 37.3 Å². The van der Waals surface area contributed by atoms with E-state index in [0.717, 1.165) is 5.75 Å². The Balaban J connectivity index is 0.000000292. The molecule has 0 aliphatic carbocycles. The molecule has 0 radical (unpaired) electrons. The van der Waals surface area contributed by atoms with Crippen LogP contribution in [0.3, 0.4) is 0 Å². The van der Waals surface area contributed by atoms with Gasteiger partial charge in [0, 0.05) is 6.54 Å². The van der Waals surface area contributed by atoms with Gasteiger partial charge in [0.25, 0.3) is 0 Å². The van der Waals surface area contributed by atoms with Gasteiger partial charge >= 0.3 is 0 Å². The fourth-order valence-electron chi connectivity index (χ4n) is 0.614. The lowest BCUT2D eigenvalue weighted by atomic mass is 10.2. The highest BCUT2D eigenvalue weighted by molar-refractivity contribution is 7.80. The Kier molecular flexibility index (Phi) is 7.31. The Hall–Kier alpha value is -0.470. The van der Waals surface area contributed by atoms with Crippen LogP contribution < -0.4 is 5.73 Å². The molecule has 0 saturated heterocycles. The number of nitrogens with two attached hydrogens (primary N) is 1. The average molecular weight is 169 g/mol. The van der Waals surface area contributed by atoms with Crippen LogP contribution in [0.4, 0.5) is 0 Å². The summed E-state index contributed by atoms with van der Waals surface area (Å²) in [4.78, 5) is 0. The Bertz CT molecular complexity index is 162. The number of thiol groups is 1. The molecular formula is C9H15NS. The zero-order valence-corrected chi connectivity index (χ0v) is 7.72. The summed E-state index contributed by atoms with van der Waals surface area (Å²) < 4.78 is 0. The maximum absolute atomic E-state index is 5.35. The Morgan fingerprint density at radius 3 is 2.00 bits per heavy atom. The summed E-state index contributed by atoms with van der Waals surface area (Å²) in [7, 11) is 0. The maximum Gasteiger partial charge on any atom is 0.0178 e. The van der Waals surface area contributed by atoms with E-state index in [9.17, 15) is 0 Å². The molecule has 0 heterocycles. The summed E-state index contributed by atoms with van der Waals surface area (Å²) in [6, 6.07) is 9.99. The summed E-state index contributed by atoms with van der Waals surface area (Å²) in [6.45, 7) is 2.63. The number of hydrogen-bond acceptors (Lipinski definition) is 2. The van der Waals surface area contributed by atoms with Crippen molar-refractivity contribution in [3.8, 4) is 0 Å². The highest BCUT2D eigenvalue weighted by atomic mass is 32.1. The predicted octanol–water partition coefficient (Wildman–Crippen LogP) is 2.08. The summed E-state index contributed by atoms with van der Waals surface area (Å²) in [5, 5.41) is 0. The van der Waals surface area contributed by atoms with Crippen LogP contribution in [0, 0.1) is 0 Å². The second kappa shape index (κ2) is 7.63. The lowest BCUT2D eigenvalue weighted by molar-refractivity contribution is 1.07. The van der Waals surface area contributed by atoms with Crippen molar-refractivity contribution in [1.82, 2.24) is 0 Å². The van der Waals surface area contributed by atoms with Crippen molar-refractivity contribution < 1.29 is 0 Å². The van der Waals surface area contributed by atoms with Crippen molar-refractivity contribution in [3.05, 3.63) is 35.9 Å². The van der Waals surface area contributed by atoms with Gasteiger partial charge in [0.15, 0.2) is 0 Å². The van der Waals surface area contributed by atoms with Gasteiger partial charge in [0.05, 0.1) is 0 Å². The van der Waals surface area contributed by atoms with Gasteiger partial charge in [-0.25, -0.2) is 0 Å². The largest absolute Gasteiger partial charge is 0.326 e. The molecule has 0 aliphatic rings. The summed E-state index contributed by atoms with van der Waals surface area (Å²) in [6.07, 6.45) is 0. The molecule has 0 fully saturated rings. The van der Waals surface area contributed by atoms with Crippen molar-refractivity contribution >= 4 is 12.6 Å². The van der Waals surface area contributed by atoms with Gasteiger partial charge < -0.3 is 5.73 Å². The van der Waals surface area contributed by atoms with Crippen LogP contribution in [0.5, 0.6) is 0 Å². The van der Waals surface area contributed by atoms with E-state index >= 15 is 0 Å². The van der Waals surface area contributed by atoms with E-state index in [4.69, 9.17) is 5.73 Å². The van der Waals surface area contributed by atoms with Crippen molar-refractivity contribution in [3.63, 3.8) is 0 Å². The van der Waals surface area contributed by atoms with E-state index in [-0.39, 0.29) is 0 Å². The smallest absolute Gasteiger partial charge is 0.0178 e. The van der Waals surface area contributed by atoms with Gasteiger partial charge in [-0.2, -0.15) is 12.6 Å². The lowest BCUT2D eigenvalue weighted by Crippen LogP contribution is -1.94. The SMILES string of the molecule is CCS.NCc1ccccc1. The Morgan fingerprint density at radius 1 is 1.27 bits per heavy atom.